The highest BCUT2D eigenvalue weighted by atomic mass is 16.4. The summed E-state index contributed by atoms with van der Waals surface area (Å²) in [5, 5.41) is 8.87. The molecule has 5 heteroatoms. The van der Waals surface area contributed by atoms with Crippen LogP contribution in [0, 0.1) is 5.92 Å². The third-order valence-electron chi connectivity index (χ3n) is 3.27. The number of aromatic amines is 1. The lowest BCUT2D eigenvalue weighted by Gasteiger charge is -2.18. The Morgan fingerprint density at radius 3 is 3.05 bits per heavy atom. The fourth-order valence-corrected chi connectivity index (χ4v) is 2.10. The maximum atomic E-state index is 10.8. The van der Waals surface area contributed by atoms with Crippen LogP contribution in [0.15, 0.2) is 24.5 Å². The maximum absolute atomic E-state index is 10.8. The molecule has 2 N–H and O–H groups in total. The van der Waals surface area contributed by atoms with Gasteiger partial charge in [-0.3, -0.25) is 4.79 Å². The van der Waals surface area contributed by atoms with Crippen LogP contribution in [0.3, 0.4) is 0 Å². The predicted molar refractivity (Wildman–Crippen MR) is 74.1 cm³/mol. The van der Waals surface area contributed by atoms with Crippen molar-refractivity contribution in [1.29, 1.82) is 0 Å². The van der Waals surface area contributed by atoms with E-state index in [2.05, 4.69) is 27.0 Å². The zero-order valence-corrected chi connectivity index (χ0v) is 11.3. The Kier molecular flexibility index (Phi) is 4.16. The number of hydrogen-bond donors (Lipinski definition) is 2. The Bertz CT molecular complexity index is 565. The topological polar surface area (TPSA) is 69.2 Å². The van der Waals surface area contributed by atoms with Crippen molar-refractivity contribution >= 4 is 17.0 Å². The first kappa shape index (κ1) is 13.5. The van der Waals surface area contributed by atoms with Crippen LogP contribution in [-0.2, 0) is 11.2 Å². The normalized spacial score (nSPS) is 13.0. The van der Waals surface area contributed by atoms with Crippen molar-refractivity contribution in [3.63, 3.8) is 0 Å². The molecular weight excluding hydrogens is 242 g/mol. The fourth-order valence-electron chi connectivity index (χ4n) is 2.10. The van der Waals surface area contributed by atoms with Gasteiger partial charge in [0.2, 0.25) is 0 Å². The van der Waals surface area contributed by atoms with Gasteiger partial charge in [0.05, 0.1) is 23.3 Å². The molecule has 102 valence electrons. The van der Waals surface area contributed by atoms with Gasteiger partial charge in [-0.1, -0.05) is 13.0 Å². The van der Waals surface area contributed by atoms with E-state index >= 15 is 0 Å². The van der Waals surface area contributed by atoms with E-state index in [1.165, 1.54) is 5.56 Å². The molecule has 1 aromatic heterocycles. The van der Waals surface area contributed by atoms with Crippen LogP contribution in [0.2, 0.25) is 0 Å². The minimum absolute atomic E-state index is 0.333. The quantitative estimate of drug-likeness (QED) is 0.831. The van der Waals surface area contributed by atoms with Crippen LogP contribution in [0.25, 0.3) is 11.0 Å². The Hall–Kier alpha value is -1.88. The second kappa shape index (κ2) is 5.84. The van der Waals surface area contributed by atoms with Gasteiger partial charge in [0, 0.05) is 13.1 Å². The highest BCUT2D eigenvalue weighted by molar-refractivity contribution is 5.75. The van der Waals surface area contributed by atoms with Crippen molar-refractivity contribution < 1.29 is 9.90 Å². The molecule has 0 aliphatic heterocycles. The van der Waals surface area contributed by atoms with Gasteiger partial charge in [-0.2, -0.15) is 0 Å². The lowest BCUT2D eigenvalue weighted by molar-refractivity contribution is -0.141. The molecule has 5 nitrogen and oxygen atoms in total. The molecule has 0 aliphatic carbocycles. The van der Waals surface area contributed by atoms with Crippen molar-refractivity contribution in [2.75, 3.05) is 20.1 Å². The molecule has 0 fully saturated rings. The number of H-pyrrole nitrogens is 1. The molecular formula is C14H19N3O2. The van der Waals surface area contributed by atoms with E-state index in [-0.39, 0.29) is 5.92 Å². The molecule has 1 atom stereocenters. The van der Waals surface area contributed by atoms with E-state index < -0.39 is 5.97 Å². The number of likely N-dealkylation sites (N-methyl/N-ethyl adjacent to an activating group) is 1. The number of aromatic nitrogens is 2. The average molecular weight is 261 g/mol. The molecule has 0 bridgehead atoms. The summed E-state index contributed by atoms with van der Waals surface area (Å²) in [6.45, 7) is 3.15. The molecule has 0 radical (unpaired) electrons. The molecule has 0 spiro atoms. The lowest BCUT2D eigenvalue weighted by atomic mass is 10.1. The summed E-state index contributed by atoms with van der Waals surface area (Å²) in [4.78, 5) is 20.1. The highest BCUT2D eigenvalue weighted by Crippen LogP contribution is 2.12. The van der Waals surface area contributed by atoms with E-state index in [4.69, 9.17) is 5.11 Å². The number of benzene rings is 1. The molecule has 0 saturated carbocycles. The van der Waals surface area contributed by atoms with Crippen LogP contribution < -0.4 is 0 Å². The van der Waals surface area contributed by atoms with Gasteiger partial charge >= 0.3 is 5.97 Å². The van der Waals surface area contributed by atoms with Gasteiger partial charge in [-0.25, -0.2) is 4.98 Å². The standard InChI is InChI=1S/C14H19N3O2/c1-10(14(18)19)8-17(2)6-5-11-3-4-12-13(7-11)16-9-15-12/h3-4,7,9-10H,5-6,8H2,1-2H3,(H,15,16)(H,18,19). The minimum Gasteiger partial charge on any atom is -0.481 e. The molecule has 2 aromatic rings. The Balaban J connectivity index is 1.89. The number of imidazole rings is 1. The third-order valence-corrected chi connectivity index (χ3v) is 3.27. The maximum Gasteiger partial charge on any atom is 0.307 e. The molecule has 0 amide bonds. The summed E-state index contributed by atoms with van der Waals surface area (Å²) < 4.78 is 0. The number of carbonyl (C=O) groups is 1. The van der Waals surface area contributed by atoms with Crippen LogP contribution in [-0.4, -0.2) is 46.1 Å². The Labute approximate surface area is 112 Å². The monoisotopic (exact) mass is 261 g/mol. The molecule has 19 heavy (non-hydrogen) atoms. The first-order chi connectivity index (χ1) is 9.06. The Morgan fingerprint density at radius 2 is 2.32 bits per heavy atom. The number of hydrogen-bond acceptors (Lipinski definition) is 3. The summed E-state index contributed by atoms with van der Waals surface area (Å²) >= 11 is 0. The number of nitrogens with one attached hydrogen (secondary N) is 1. The fraction of sp³-hybridized carbons (Fsp3) is 0.429. The van der Waals surface area contributed by atoms with Crippen molar-refractivity contribution in [2.24, 2.45) is 5.92 Å². The summed E-state index contributed by atoms with van der Waals surface area (Å²) in [5.41, 5.74) is 3.24. The van der Waals surface area contributed by atoms with Gasteiger partial charge < -0.3 is 15.0 Å². The summed E-state index contributed by atoms with van der Waals surface area (Å²) in [6.07, 6.45) is 2.59. The Morgan fingerprint density at radius 1 is 1.53 bits per heavy atom. The van der Waals surface area contributed by atoms with E-state index in [1.54, 1.807) is 13.3 Å². The molecule has 1 heterocycles. The first-order valence-electron chi connectivity index (χ1n) is 6.39. The zero-order chi connectivity index (χ0) is 13.8. The van der Waals surface area contributed by atoms with E-state index in [0.29, 0.717) is 6.54 Å². The molecule has 0 saturated heterocycles. The second-order valence-corrected chi connectivity index (χ2v) is 5.01. The highest BCUT2D eigenvalue weighted by Gasteiger charge is 2.13. The van der Waals surface area contributed by atoms with E-state index in [1.807, 2.05) is 13.1 Å². The predicted octanol–water partition coefficient (Wildman–Crippen LogP) is 1.76. The smallest absolute Gasteiger partial charge is 0.307 e. The van der Waals surface area contributed by atoms with Crippen LogP contribution in [0.4, 0.5) is 0 Å². The zero-order valence-electron chi connectivity index (χ0n) is 11.3. The lowest BCUT2D eigenvalue weighted by Crippen LogP contribution is -2.30. The van der Waals surface area contributed by atoms with E-state index in [9.17, 15) is 4.79 Å². The van der Waals surface area contributed by atoms with Gasteiger partial charge in [-0.15, -0.1) is 0 Å². The van der Waals surface area contributed by atoms with E-state index in [0.717, 1.165) is 24.0 Å². The molecule has 2 rings (SSSR count). The van der Waals surface area contributed by atoms with Gasteiger partial charge in [0.15, 0.2) is 0 Å². The van der Waals surface area contributed by atoms with Crippen LogP contribution in [0.1, 0.15) is 12.5 Å². The number of carboxylic acid groups (broad SMARTS) is 1. The van der Waals surface area contributed by atoms with Crippen molar-refractivity contribution in [3.8, 4) is 0 Å². The molecule has 0 aliphatic rings. The number of fused-ring (bicyclic) bond motifs is 1. The van der Waals surface area contributed by atoms with Crippen LogP contribution in [0.5, 0.6) is 0 Å². The van der Waals surface area contributed by atoms with Gasteiger partial charge in [-0.05, 0) is 31.2 Å². The summed E-state index contributed by atoms with van der Waals surface area (Å²) in [7, 11) is 1.95. The molecule has 1 aromatic carbocycles. The number of aliphatic carboxylic acids is 1. The summed E-state index contributed by atoms with van der Waals surface area (Å²) in [6, 6.07) is 6.16. The first-order valence-corrected chi connectivity index (χ1v) is 6.39. The van der Waals surface area contributed by atoms with Crippen molar-refractivity contribution in [2.45, 2.75) is 13.3 Å². The minimum atomic E-state index is -0.745. The SMILES string of the molecule is CC(CN(C)CCc1ccc2nc[nH]c2c1)C(=O)O. The van der Waals surface area contributed by atoms with Crippen LogP contribution >= 0.6 is 0 Å². The summed E-state index contributed by atoms with van der Waals surface area (Å²) in [5.74, 6) is -1.08. The number of nitrogens with zero attached hydrogens (tertiary/aromatic N) is 2. The second-order valence-electron chi connectivity index (χ2n) is 5.01. The third kappa shape index (κ3) is 3.54. The number of carboxylic acids is 1. The average Bonchev–Trinajstić information content (AvgIpc) is 2.83. The van der Waals surface area contributed by atoms with Gasteiger partial charge in [0.1, 0.15) is 0 Å². The molecule has 1 unspecified atom stereocenters. The number of rotatable bonds is 6. The van der Waals surface area contributed by atoms with Gasteiger partial charge in [0.25, 0.3) is 0 Å². The van der Waals surface area contributed by atoms with Crippen molar-refractivity contribution in [3.05, 3.63) is 30.1 Å². The largest absolute Gasteiger partial charge is 0.481 e. The van der Waals surface area contributed by atoms with Crippen molar-refractivity contribution in [1.82, 2.24) is 14.9 Å².